The molecule has 0 bridgehead atoms. The zero-order valence-corrected chi connectivity index (χ0v) is 12.2. The molecule has 0 saturated heterocycles. The largest absolute Gasteiger partial charge is 0.281 e. The number of nitrogens with one attached hydrogen (secondary N) is 1. The summed E-state index contributed by atoms with van der Waals surface area (Å²) < 4.78 is 26.1. The molecule has 2 rings (SSSR count). The highest BCUT2D eigenvalue weighted by atomic mass is 32.2. The second-order valence-electron chi connectivity index (χ2n) is 4.01. The maximum absolute atomic E-state index is 12.5. The quantitative estimate of drug-likeness (QED) is 0.930. The van der Waals surface area contributed by atoms with Crippen LogP contribution in [0, 0.1) is 20.8 Å². The summed E-state index contributed by atoms with van der Waals surface area (Å²) in [5.74, 6) is 0. The lowest BCUT2D eigenvalue weighted by Gasteiger charge is -2.16. The van der Waals surface area contributed by atoms with Crippen LogP contribution in [0.2, 0.25) is 0 Å². The van der Waals surface area contributed by atoms with Gasteiger partial charge in [-0.05, 0) is 20.8 Å². The summed E-state index contributed by atoms with van der Waals surface area (Å²) in [7, 11) is -2.11. The summed E-state index contributed by atoms with van der Waals surface area (Å²) in [4.78, 5) is 4.40. The maximum Gasteiger partial charge on any atom is 0.269 e. The molecule has 0 atom stereocenters. The zero-order chi connectivity index (χ0) is 13.5. The van der Waals surface area contributed by atoms with Gasteiger partial charge in [-0.1, -0.05) is 0 Å². The molecular weight excluding hydrogens is 272 g/mol. The standard InChI is InChI=1S/C10H14N4O2S2/c1-6-5-17-10(11-6)14(4)18(15,16)9-7(2)12-13-8(9)3/h5H,1-4H3,(H,12,13). The second kappa shape index (κ2) is 4.36. The molecule has 0 aliphatic heterocycles. The van der Waals surface area contributed by atoms with Crippen LogP contribution in [0.25, 0.3) is 0 Å². The van der Waals surface area contributed by atoms with E-state index in [2.05, 4.69) is 15.2 Å². The van der Waals surface area contributed by atoms with Gasteiger partial charge in [0.2, 0.25) is 0 Å². The Hall–Kier alpha value is -1.41. The number of thiazole rings is 1. The first-order valence-corrected chi connectivity index (χ1v) is 7.58. The zero-order valence-electron chi connectivity index (χ0n) is 10.6. The van der Waals surface area contributed by atoms with Crippen LogP contribution in [0.5, 0.6) is 0 Å². The highest BCUT2D eigenvalue weighted by molar-refractivity contribution is 7.93. The first-order valence-electron chi connectivity index (χ1n) is 5.26. The SMILES string of the molecule is Cc1csc(N(C)S(=O)(=O)c2c(C)n[nH]c2C)n1. The van der Waals surface area contributed by atoms with E-state index in [9.17, 15) is 8.42 Å². The maximum atomic E-state index is 12.5. The number of hydrogen-bond acceptors (Lipinski definition) is 5. The average Bonchev–Trinajstić information content (AvgIpc) is 2.84. The lowest BCUT2D eigenvalue weighted by molar-refractivity contribution is 0.593. The van der Waals surface area contributed by atoms with Crippen molar-refractivity contribution in [2.24, 2.45) is 0 Å². The fourth-order valence-corrected chi connectivity index (χ4v) is 4.12. The Kier molecular flexibility index (Phi) is 3.16. The molecule has 2 aromatic rings. The molecule has 0 unspecified atom stereocenters. The topological polar surface area (TPSA) is 79.0 Å². The Bertz CT molecular complexity index is 652. The van der Waals surface area contributed by atoms with Crippen LogP contribution in [0.15, 0.2) is 10.3 Å². The fraction of sp³-hybridized carbons (Fsp3) is 0.400. The number of aryl methyl sites for hydroxylation is 3. The number of nitrogens with zero attached hydrogens (tertiary/aromatic N) is 3. The van der Waals surface area contributed by atoms with Crippen LogP contribution in [-0.2, 0) is 10.0 Å². The van der Waals surface area contributed by atoms with Crippen LogP contribution in [-0.4, -0.2) is 30.6 Å². The van der Waals surface area contributed by atoms with Gasteiger partial charge in [-0.3, -0.25) is 5.10 Å². The summed E-state index contributed by atoms with van der Waals surface area (Å²) >= 11 is 1.30. The minimum atomic E-state index is -3.61. The van der Waals surface area contributed by atoms with Gasteiger partial charge in [0.15, 0.2) is 5.13 Å². The number of aromatic amines is 1. The third kappa shape index (κ3) is 2.01. The number of rotatable bonds is 3. The molecule has 0 radical (unpaired) electrons. The Balaban J connectivity index is 2.50. The van der Waals surface area contributed by atoms with Crippen molar-refractivity contribution in [3.63, 3.8) is 0 Å². The van der Waals surface area contributed by atoms with Gasteiger partial charge in [0.25, 0.3) is 10.0 Å². The van der Waals surface area contributed by atoms with Crippen LogP contribution in [0.3, 0.4) is 0 Å². The molecule has 1 N–H and O–H groups in total. The average molecular weight is 286 g/mol. The van der Waals surface area contributed by atoms with Gasteiger partial charge >= 0.3 is 0 Å². The summed E-state index contributed by atoms with van der Waals surface area (Å²) in [6.07, 6.45) is 0. The van der Waals surface area contributed by atoms with E-state index in [-0.39, 0.29) is 4.90 Å². The molecule has 98 valence electrons. The molecule has 0 aromatic carbocycles. The molecule has 8 heteroatoms. The molecule has 0 spiro atoms. The molecule has 0 saturated carbocycles. The second-order valence-corrected chi connectivity index (χ2v) is 6.75. The molecular formula is C10H14N4O2S2. The molecule has 18 heavy (non-hydrogen) atoms. The van der Waals surface area contributed by atoms with E-state index < -0.39 is 10.0 Å². The van der Waals surface area contributed by atoms with E-state index in [0.29, 0.717) is 16.5 Å². The molecule has 0 aliphatic carbocycles. The van der Waals surface area contributed by atoms with Gasteiger partial charge in [0.05, 0.1) is 17.1 Å². The predicted octanol–water partition coefficient (Wildman–Crippen LogP) is 1.62. The van der Waals surface area contributed by atoms with Gasteiger partial charge in [-0.15, -0.1) is 11.3 Å². The lowest BCUT2D eigenvalue weighted by Crippen LogP contribution is -2.27. The van der Waals surface area contributed by atoms with E-state index >= 15 is 0 Å². The Morgan fingerprint density at radius 3 is 2.44 bits per heavy atom. The first-order chi connectivity index (χ1) is 8.34. The van der Waals surface area contributed by atoms with Crippen molar-refractivity contribution < 1.29 is 8.42 Å². The number of H-pyrrole nitrogens is 1. The predicted molar refractivity (Wildman–Crippen MR) is 70.5 cm³/mol. The summed E-state index contributed by atoms with van der Waals surface area (Å²) in [6.45, 7) is 5.18. The van der Waals surface area contributed by atoms with Crippen molar-refractivity contribution >= 4 is 26.5 Å². The van der Waals surface area contributed by atoms with Crippen LogP contribution < -0.4 is 4.31 Å². The van der Waals surface area contributed by atoms with Crippen molar-refractivity contribution in [1.82, 2.24) is 15.2 Å². The van der Waals surface area contributed by atoms with Crippen molar-refractivity contribution in [2.45, 2.75) is 25.7 Å². The molecule has 0 amide bonds. The van der Waals surface area contributed by atoms with E-state index in [1.807, 2.05) is 12.3 Å². The van der Waals surface area contributed by atoms with Crippen LogP contribution in [0.1, 0.15) is 17.1 Å². The summed E-state index contributed by atoms with van der Waals surface area (Å²) in [6, 6.07) is 0. The number of aromatic nitrogens is 3. The van der Waals surface area contributed by atoms with E-state index in [1.54, 1.807) is 13.8 Å². The fourth-order valence-electron chi connectivity index (χ4n) is 1.65. The van der Waals surface area contributed by atoms with Gasteiger partial charge in [-0.25, -0.2) is 17.7 Å². The van der Waals surface area contributed by atoms with Crippen LogP contribution >= 0.6 is 11.3 Å². The molecule has 6 nitrogen and oxygen atoms in total. The highest BCUT2D eigenvalue weighted by Gasteiger charge is 2.28. The minimum absolute atomic E-state index is 0.220. The summed E-state index contributed by atoms with van der Waals surface area (Å²) in [5.41, 5.74) is 1.80. The Morgan fingerprint density at radius 1 is 1.33 bits per heavy atom. The van der Waals surface area contributed by atoms with Crippen LogP contribution in [0.4, 0.5) is 5.13 Å². The number of hydrogen-bond donors (Lipinski definition) is 1. The Morgan fingerprint density at radius 2 is 2.00 bits per heavy atom. The van der Waals surface area contributed by atoms with Gasteiger partial charge < -0.3 is 0 Å². The molecule has 0 fully saturated rings. The number of sulfonamides is 1. The minimum Gasteiger partial charge on any atom is -0.281 e. The van der Waals surface area contributed by atoms with Crippen molar-refractivity contribution in [3.05, 3.63) is 22.5 Å². The monoisotopic (exact) mass is 286 g/mol. The van der Waals surface area contributed by atoms with Gasteiger partial charge in [0, 0.05) is 12.4 Å². The highest BCUT2D eigenvalue weighted by Crippen LogP contribution is 2.27. The lowest BCUT2D eigenvalue weighted by atomic mass is 10.4. The smallest absolute Gasteiger partial charge is 0.269 e. The van der Waals surface area contributed by atoms with E-state index in [4.69, 9.17) is 0 Å². The van der Waals surface area contributed by atoms with E-state index in [1.165, 1.54) is 22.7 Å². The Labute approximate surface area is 110 Å². The van der Waals surface area contributed by atoms with Crippen molar-refractivity contribution in [1.29, 1.82) is 0 Å². The van der Waals surface area contributed by atoms with Gasteiger partial charge in [-0.2, -0.15) is 5.10 Å². The van der Waals surface area contributed by atoms with Gasteiger partial charge in [0.1, 0.15) is 4.90 Å². The van der Waals surface area contributed by atoms with Crippen molar-refractivity contribution in [2.75, 3.05) is 11.4 Å². The molecule has 2 heterocycles. The molecule has 2 aromatic heterocycles. The third-order valence-corrected chi connectivity index (χ3v) is 5.72. The molecule has 0 aliphatic rings. The third-order valence-electron chi connectivity index (χ3n) is 2.56. The number of anilines is 1. The van der Waals surface area contributed by atoms with E-state index in [0.717, 1.165) is 5.69 Å². The normalized spacial score (nSPS) is 11.8. The summed E-state index contributed by atoms with van der Waals surface area (Å²) in [5, 5.41) is 8.86. The first kappa shape index (κ1) is 13.0. The van der Waals surface area contributed by atoms with Crippen molar-refractivity contribution in [3.8, 4) is 0 Å².